The van der Waals surface area contributed by atoms with Crippen LogP contribution in [-0.2, 0) is 0 Å². The Labute approximate surface area is 126 Å². The molecule has 0 bridgehead atoms. The van der Waals surface area contributed by atoms with Crippen LogP contribution in [0.25, 0.3) is 27.5 Å². The van der Waals surface area contributed by atoms with Crippen LogP contribution in [0.15, 0.2) is 66.7 Å². The fraction of sp³-hybridized carbons (Fsp3) is 0. The first-order valence-electron chi connectivity index (χ1n) is 6.69. The van der Waals surface area contributed by atoms with Crippen molar-refractivity contribution < 1.29 is 4.39 Å². The molecule has 102 valence electrons. The second kappa shape index (κ2) is 4.61. The summed E-state index contributed by atoms with van der Waals surface area (Å²) in [7, 11) is 0. The van der Waals surface area contributed by atoms with E-state index in [9.17, 15) is 4.39 Å². The minimum absolute atomic E-state index is 0.325. The van der Waals surface area contributed by atoms with Crippen LogP contribution in [-0.4, -0.2) is 4.57 Å². The molecule has 1 aromatic heterocycles. The van der Waals surface area contributed by atoms with Crippen LogP contribution in [0.3, 0.4) is 0 Å². The Morgan fingerprint density at radius 3 is 1.90 bits per heavy atom. The molecule has 21 heavy (non-hydrogen) atoms. The Hall–Kier alpha value is -2.32. The Balaban J connectivity index is 2.20. The van der Waals surface area contributed by atoms with Gasteiger partial charge in [-0.15, -0.1) is 0 Å². The molecule has 0 saturated carbocycles. The van der Waals surface area contributed by atoms with Crippen LogP contribution >= 0.6 is 11.6 Å². The van der Waals surface area contributed by atoms with E-state index < -0.39 is 0 Å². The SMILES string of the molecule is Fc1cc(Cl)ccc1-n1c2ccccc2c2ccccc21. The third-order valence-corrected chi connectivity index (χ3v) is 3.97. The summed E-state index contributed by atoms with van der Waals surface area (Å²) >= 11 is 5.87. The van der Waals surface area contributed by atoms with Gasteiger partial charge in [0.15, 0.2) is 0 Å². The van der Waals surface area contributed by atoms with Crippen LogP contribution in [0.2, 0.25) is 5.02 Å². The molecule has 3 heteroatoms. The van der Waals surface area contributed by atoms with E-state index in [1.54, 1.807) is 12.1 Å². The molecule has 0 radical (unpaired) electrons. The predicted molar refractivity (Wildman–Crippen MR) is 85.7 cm³/mol. The average molecular weight is 296 g/mol. The zero-order chi connectivity index (χ0) is 14.4. The fourth-order valence-electron chi connectivity index (χ4n) is 2.84. The maximum Gasteiger partial charge on any atom is 0.148 e. The first kappa shape index (κ1) is 12.4. The predicted octanol–water partition coefficient (Wildman–Crippen LogP) is 5.58. The van der Waals surface area contributed by atoms with Gasteiger partial charge in [0.05, 0.1) is 16.7 Å². The molecule has 0 saturated heterocycles. The van der Waals surface area contributed by atoms with Crippen LogP contribution in [0.5, 0.6) is 0 Å². The highest BCUT2D eigenvalue weighted by atomic mass is 35.5. The van der Waals surface area contributed by atoms with E-state index >= 15 is 0 Å². The van der Waals surface area contributed by atoms with Gasteiger partial charge in [-0.05, 0) is 30.3 Å². The summed E-state index contributed by atoms with van der Waals surface area (Å²) in [6.07, 6.45) is 0. The quantitative estimate of drug-likeness (QED) is 0.432. The normalized spacial score (nSPS) is 11.3. The highest BCUT2D eigenvalue weighted by molar-refractivity contribution is 6.30. The Kier molecular flexibility index (Phi) is 2.72. The lowest BCUT2D eigenvalue weighted by molar-refractivity contribution is 0.621. The molecule has 4 aromatic rings. The summed E-state index contributed by atoms with van der Waals surface area (Å²) in [5, 5.41) is 2.63. The van der Waals surface area contributed by atoms with Crippen LogP contribution in [0.4, 0.5) is 4.39 Å². The smallest absolute Gasteiger partial charge is 0.148 e. The summed E-state index contributed by atoms with van der Waals surface area (Å²) < 4.78 is 16.3. The van der Waals surface area contributed by atoms with Crippen LogP contribution in [0.1, 0.15) is 0 Å². The van der Waals surface area contributed by atoms with Gasteiger partial charge in [0.1, 0.15) is 5.82 Å². The second-order valence-corrected chi connectivity index (χ2v) is 5.40. The van der Waals surface area contributed by atoms with Crippen molar-refractivity contribution in [1.29, 1.82) is 0 Å². The van der Waals surface area contributed by atoms with E-state index in [1.807, 2.05) is 41.0 Å². The molecule has 3 aromatic carbocycles. The third-order valence-electron chi connectivity index (χ3n) is 3.73. The Bertz CT molecular complexity index is 918. The lowest BCUT2D eigenvalue weighted by Gasteiger charge is -2.09. The maximum absolute atomic E-state index is 14.4. The summed E-state index contributed by atoms with van der Waals surface area (Å²) in [5.74, 6) is -0.325. The van der Waals surface area contributed by atoms with Crippen molar-refractivity contribution in [1.82, 2.24) is 4.57 Å². The molecular formula is C18H11ClFN. The van der Waals surface area contributed by atoms with Crippen molar-refractivity contribution in [2.75, 3.05) is 0 Å². The van der Waals surface area contributed by atoms with Gasteiger partial charge in [-0.1, -0.05) is 48.0 Å². The van der Waals surface area contributed by atoms with Gasteiger partial charge in [0.25, 0.3) is 0 Å². The topological polar surface area (TPSA) is 4.93 Å². The molecule has 0 unspecified atom stereocenters. The zero-order valence-electron chi connectivity index (χ0n) is 11.1. The van der Waals surface area contributed by atoms with Gasteiger partial charge >= 0.3 is 0 Å². The minimum atomic E-state index is -0.325. The average Bonchev–Trinajstić information content (AvgIpc) is 2.82. The van der Waals surface area contributed by atoms with Crippen molar-refractivity contribution in [2.24, 2.45) is 0 Å². The number of aromatic nitrogens is 1. The first-order chi connectivity index (χ1) is 10.3. The molecule has 0 aliphatic carbocycles. The molecule has 0 aliphatic heterocycles. The summed E-state index contributed by atoms with van der Waals surface area (Å²) in [5.41, 5.74) is 2.48. The van der Waals surface area contributed by atoms with Crippen molar-refractivity contribution in [3.63, 3.8) is 0 Å². The van der Waals surface area contributed by atoms with Gasteiger partial charge in [0, 0.05) is 15.8 Å². The first-order valence-corrected chi connectivity index (χ1v) is 7.07. The highest BCUT2D eigenvalue weighted by Crippen LogP contribution is 2.32. The number of halogens is 2. The number of nitrogens with zero attached hydrogens (tertiary/aromatic N) is 1. The number of benzene rings is 3. The van der Waals surface area contributed by atoms with Gasteiger partial charge in [-0.3, -0.25) is 0 Å². The minimum Gasteiger partial charge on any atom is -0.306 e. The van der Waals surface area contributed by atoms with Gasteiger partial charge in [-0.2, -0.15) is 0 Å². The van der Waals surface area contributed by atoms with E-state index in [-0.39, 0.29) is 5.82 Å². The number of hydrogen-bond acceptors (Lipinski definition) is 0. The van der Waals surface area contributed by atoms with E-state index in [0.717, 1.165) is 21.8 Å². The lowest BCUT2D eigenvalue weighted by Crippen LogP contribution is -1.97. The van der Waals surface area contributed by atoms with Crippen molar-refractivity contribution in [3.8, 4) is 5.69 Å². The van der Waals surface area contributed by atoms with E-state index in [1.165, 1.54) is 6.07 Å². The number of fused-ring (bicyclic) bond motifs is 3. The molecule has 1 heterocycles. The van der Waals surface area contributed by atoms with Crippen LogP contribution < -0.4 is 0 Å². The second-order valence-electron chi connectivity index (χ2n) is 4.97. The maximum atomic E-state index is 14.4. The van der Waals surface area contributed by atoms with Crippen LogP contribution in [0, 0.1) is 5.82 Å². The zero-order valence-corrected chi connectivity index (χ0v) is 11.8. The molecule has 0 aliphatic rings. The van der Waals surface area contributed by atoms with Crippen molar-refractivity contribution in [3.05, 3.63) is 77.6 Å². The largest absolute Gasteiger partial charge is 0.306 e. The lowest BCUT2D eigenvalue weighted by atomic mass is 10.2. The highest BCUT2D eigenvalue weighted by Gasteiger charge is 2.14. The molecule has 0 fully saturated rings. The molecule has 0 atom stereocenters. The standard InChI is InChI=1S/C18H11ClFN/c19-12-9-10-18(15(20)11-12)21-16-7-3-1-5-13(16)14-6-2-4-8-17(14)21/h1-11H. The summed E-state index contributed by atoms with van der Waals surface area (Å²) in [6.45, 7) is 0. The van der Waals surface area contributed by atoms with Crippen molar-refractivity contribution in [2.45, 2.75) is 0 Å². The molecule has 0 amide bonds. The number of rotatable bonds is 1. The monoisotopic (exact) mass is 295 g/mol. The Morgan fingerprint density at radius 2 is 1.33 bits per heavy atom. The summed E-state index contributed by atoms with van der Waals surface area (Å²) in [6, 6.07) is 20.8. The third kappa shape index (κ3) is 1.83. The van der Waals surface area contributed by atoms with E-state index in [0.29, 0.717) is 10.7 Å². The van der Waals surface area contributed by atoms with Gasteiger partial charge in [0.2, 0.25) is 0 Å². The number of hydrogen-bond donors (Lipinski definition) is 0. The Morgan fingerprint density at radius 1 is 0.762 bits per heavy atom. The molecule has 4 rings (SSSR count). The van der Waals surface area contributed by atoms with E-state index in [2.05, 4.69) is 12.1 Å². The summed E-state index contributed by atoms with van der Waals surface area (Å²) in [4.78, 5) is 0. The molecule has 1 nitrogen and oxygen atoms in total. The fourth-order valence-corrected chi connectivity index (χ4v) is 3.00. The number of para-hydroxylation sites is 2. The molecule has 0 spiro atoms. The molecular weight excluding hydrogens is 285 g/mol. The van der Waals surface area contributed by atoms with Gasteiger partial charge in [-0.25, -0.2) is 4.39 Å². The van der Waals surface area contributed by atoms with Gasteiger partial charge < -0.3 is 4.57 Å². The van der Waals surface area contributed by atoms with E-state index in [4.69, 9.17) is 11.6 Å². The van der Waals surface area contributed by atoms with Crippen molar-refractivity contribution >= 4 is 33.4 Å². The molecule has 0 N–H and O–H groups in total.